The molecule has 1 aliphatic rings. The van der Waals surface area contributed by atoms with Gasteiger partial charge in [-0.25, -0.2) is 4.39 Å². The number of aryl methyl sites for hydroxylation is 1. The molecule has 184 valence electrons. The maximum atomic E-state index is 13.7. The van der Waals surface area contributed by atoms with Crippen molar-refractivity contribution in [2.24, 2.45) is 0 Å². The van der Waals surface area contributed by atoms with Crippen LogP contribution < -0.4 is 0 Å². The van der Waals surface area contributed by atoms with Gasteiger partial charge in [0.05, 0.1) is 6.54 Å². The van der Waals surface area contributed by atoms with Crippen LogP contribution in [-0.4, -0.2) is 34.2 Å². The van der Waals surface area contributed by atoms with Gasteiger partial charge >= 0.3 is 0 Å². The van der Waals surface area contributed by atoms with E-state index in [1.165, 1.54) is 12.1 Å². The molecular formula is C28H30ClFN2O2S. The normalized spacial score (nSPS) is 14.0. The predicted octanol–water partition coefficient (Wildman–Crippen LogP) is 6.85. The van der Waals surface area contributed by atoms with Gasteiger partial charge in [-0.2, -0.15) is 0 Å². The van der Waals surface area contributed by atoms with Crippen LogP contribution in [0.2, 0.25) is 5.02 Å². The van der Waals surface area contributed by atoms with Gasteiger partial charge in [0.15, 0.2) is 0 Å². The number of hydrogen-bond donors (Lipinski definition) is 0. The minimum atomic E-state index is -0.308. The number of carbonyl (C=O) groups is 2. The van der Waals surface area contributed by atoms with E-state index < -0.39 is 0 Å². The van der Waals surface area contributed by atoms with Crippen molar-refractivity contribution >= 4 is 34.8 Å². The maximum Gasteiger partial charge on any atom is 0.254 e. The van der Waals surface area contributed by atoms with Crippen LogP contribution in [0.1, 0.15) is 58.5 Å². The summed E-state index contributed by atoms with van der Waals surface area (Å²) in [6, 6.07) is 15.1. The summed E-state index contributed by atoms with van der Waals surface area (Å²) >= 11 is 7.64. The number of carbonyl (C=O) groups excluding carboxylic acids is 2. The Kier molecular flexibility index (Phi) is 8.58. The molecule has 2 amide bonds. The molecule has 1 saturated carbocycles. The number of rotatable bonds is 8. The van der Waals surface area contributed by atoms with Crippen LogP contribution in [0.25, 0.3) is 0 Å². The Morgan fingerprint density at radius 3 is 2.29 bits per heavy atom. The lowest BCUT2D eigenvalue weighted by Crippen LogP contribution is -2.48. The van der Waals surface area contributed by atoms with Crippen LogP contribution in [0.5, 0.6) is 0 Å². The van der Waals surface area contributed by atoms with Crippen molar-refractivity contribution in [1.82, 2.24) is 9.80 Å². The van der Waals surface area contributed by atoms with Gasteiger partial charge in [0.1, 0.15) is 12.4 Å². The average molecular weight is 513 g/mol. The van der Waals surface area contributed by atoms with Gasteiger partial charge in [-0.3, -0.25) is 9.59 Å². The van der Waals surface area contributed by atoms with Crippen molar-refractivity contribution in [1.29, 1.82) is 0 Å². The number of halogens is 2. The van der Waals surface area contributed by atoms with Gasteiger partial charge in [0.25, 0.3) is 5.91 Å². The first kappa shape index (κ1) is 25.4. The number of thiophene rings is 1. The lowest BCUT2D eigenvalue weighted by Gasteiger charge is -2.35. The van der Waals surface area contributed by atoms with Crippen molar-refractivity contribution in [3.05, 3.63) is 92.4 Å². The first-order valence-corrected chi connectivity index (χ1v) is 13.3. The van der Waals surface area contributed by atoms with Crippen LogP contribution in [0.3, 0.4) is 0 Å². The number of amides is 2. The largest absolute Gasteiger partial charge is 0.332 e. The second kappa shape index (κ2) is 11.8. The zero-order valence-electron chi connectivity index (χ0n) is 19.9. The summed E-state index contributed by atoms with van der Waals surface area (Å²) in [5.74, 6) is -0.566. The van der Waals surface area contributed by atoms with Crippen LogP contribution in [0, 0.1) is 12.7 Å². The summed E-state index contributed by atoms with van der Waals surface area (Å²) in [6.45, 7) is 2.85. The zero-order chi connectivity index (χ0) is 24.8. The Hall–Kier alpha value is -2.70. The van der Waals surface area contributed by atoms with Gasteiger partial charge in [-0.15, -0.1) is 11.3 Å². The molecule has 1 fully saturated rings. The lowest BCUT2D eigenvalue weighted by atomic mass is 9.93. The molecule has 0 atom stereocenters. The van der Waals surface area contributed by atoms with E-state index in [1.54, 1.807) is 57.5 Å². The summed E-state index contributed by atoms with van der Waals surface area (Å²) in [6.07, 6.45) is 5.05. The van der Waals surface area contributed by atoms with E-state index >= 15 is 0 Å². The van der Waals surface area contributed by atoms with Gasteiger partial charge in [0.2, 0.25) is 5.91 Å². The first-order valence-electron chi connectivity index (χ1n) is 12.0. The molecule has 4 nitrogen and oxygen atoms in total. The molecule has 0 saturated heterocycles. The molecule has 2 aromatic carbocycles. The summed E-state index contributed by atoms with van der Waals surface area (Å²) in [5.41, 5.74) is 2.52. The minimum absolute atomic E-state index is 0.0117. The average Bonchev–Trinajstić information content (AvgIpc) is 3.28. The van der Waals surface area contributed by atoms with E-state index in [0.29, 0.717) is 23.7 Å². The third-order valence-electron chi connectivity index (χ3n) is 6.62. The van der Waals surface area contributed by atoms with Crippen LogP contribution >= 0.6 is 22.9 Å². The molecule has 4 rings (SSSR count). The standard InChI is InChI=1S/C28H30ClFN2O2S/c1-20-15-16-35-26(20)18-31(17-21-7-13-24(30)14-8-21)27(33)19-32(25-5-3-2-4-6-25)28(34)22-9-11-23(29)12-10-22/h7-16,25H,2-6,17-19H2,1H3. The highest BCUT2D eigenvalue weighted by Crippen LogP contribution is 2.26. The topological polar surface area (TPSA) is 40.6 Å². The molecule has 0 bridgehead atoms. The summed E-state index contributed by atoms with van der Waals surface area (Å²) in [5, 5.41) is 2.59. The predicted molar refractivity (Wildman–Crippen MR) is 139 cm³/mol. The Labute approximate surface area is 215 Å². The number of nitrogens with zero attached hydrogens (tertiary/aromatic N) is 2. The molecule has 0 radical (unpaired) electrons. The SMILES string of the molecule is Cc1ccsc1CN(Cc1ccc(F)cc1)C(=O)CN(C(=O)c1ccc(Cl)cc1)C1CCCCC1. The van der Waals surface area contributed by atoms with Crippen molar-refractivity contribution < 1.29 is 14.0 Å². The third kappa shape index (κ3) is 6.71. The van der Waals surface area contributed by atoms with E-state index in [1.807, 2.05) is 18.4 Å². The summed E-state index contributed by atoms with van der Waals surface area (Å²) in [4.78, 5) is 31.9. The molecular weight excluding hydrogens is 483 g/mol. The highest BCUT2D eigenvalue weighted by Gasteiger charge is 2.30. The van der Waals surface area contributed by atoms with Gasteiger partial charge in [-0.1, -0.05) is 43.0 Å². The quantitative estimate of drug-likeness (QED) is 0.331. The molecule has 1 aromatic heterocycles. The molecule has 7 heteroatoms. The molecule has 0 aliphatic heterocycles. The minimum Gasteiger partial charge on any atom is -0.332 e. The summed E-state index contributed by atoms with van der Waals surface area (Å²) in [7, 11) is 0. The van der Waals surface area contributed by atoms with Crippen LogP contribution in [-0.2, 0) is 17.9 Å². The molecule has 1 heterocycles. The second-order valence-corrected chi connectivity index (χ2v) is 10.6. The molecule has 0 spiro atoms. The second-order valence-electron chi connectivity index (χ2n) is 9.13. The van der Waals surface area contributed by atoms with Crippen molar-refractivity contribution in [2.75, 3.05) is 6.54 Å². The Balaban J connectivity index is 1.58. The molecule has 0 N–H and O–H groups in total. The van der Waals surface area contributed by atoms with Crippen molar-refractivity contribution in [3.8, 4) is 0 Å². The number of hydrogen-bond acceptors (Lipinski definition) is 3. The van der Waals surface area contributed by atoms with E-state index in [2.05, 4.69) is 0 Å². The highest BCUT2D eigenvalue weighted by molar-refractivity contribution is 7.10. The lowest BCUT2D eigenvalue weighted by molar-refractivity contribution is -0.133. The zero-order valence-corrected chi connectivity index (χ0v) is 21.5. The van der Waals surface area contributed by atoms with Crippen LogP contribution in [0.15, 0.2) is 60.0 Å². The number of benzene rings is 2. The Morgan fingerprint density at radius 2 is 1.66 bits per heavy atom. The monoisotopic (exact) mass is 512 g/mol. The molecule has 1 aliphatic carbocycles. The van der Waals surface area contributed by atoms with Gasteiger partial charge in [0, 0.05) is 28.0 Å². The first-order chi connectivity index (χ1) is 16.9. The highest BCUT2D eigenvalue weighted by atomic mass is 35.5. The smallest absolute Gasteiger partial charge is 0.254 e. The van der Waals surface area contributed by atoms with E-state index in [0.717, 1.165) is 48.1 Å². The van der Waals surface area contributed by atoms with E-state index in [-0.39, 0.29) is 30.2 Å². The third-order valence-corrected chi connectivity index (χ3v) is 7.87. The van der Waals surface area contributed by atoms with Crippen molar-refractivity contribution in [3.63, 3.8) is 0 Å². The fourth-order valence-electron chi connectivity index (χ4n) is 4.55. The van der Waals surface area contributed by atoms with E-state index in [9.17, 15) is 14.0 Å². The van der Waals surface area contributed by atoms with Gasteiger partial charge < -0.3 is 9.80 Å². The van der Waals surface area contributed by atoms with E-state index in [4.69, 9.17) is 11.6 Å². The Morgan fingerprint density at radius 1 is 0.971 bits per heavy atom. The fraction of sp³-hybridized carbons (Fsp3) is 0.357. The Bertz CT molecular complexity index is 1140. The fourth-order valence-corrected chi connectivity index (χ4v) is 5.59. The van der Waals surface area contributed by atoms with Crippen LogP contribution in [0.4, 0.5) is 4.39 Å². The molecule has 35 heavy (non-hydrogen) atoms. The molecule has 3 aromatic rings. The molecule has 0 unspecified atom stereocenters. The maximum absolute atomic E-state index is 13.7. The van der Waals surface area contributed by atoms with Gasteiger partial charge in [-0.05, 0) is 78.7 Å². The van der Waals surface area contributed by atoms with Crippen molar-refractivity contribution in [2.45, 2.75) is 58.2 Å². The summed E-state index contributed by atoms with van der Waals surface area (Å²) < 4.78 is 13.5.